The van der Waals surface area contributed by atoms with E-state index in [1.165, 1.54) is 0 Å². The molecular formula is C18H17ClN2O3S. The maximum atomic E-state index is 13.2. The van der Waals surface area contributed by atoms with E-state index in [9.17, 15) is 13.2 Å². The Balaban J connectivity index is 1.81. The summed E-state index contributed by atoms with van der Waals surface area (Å²) in [7, 11) is -3.19. The number of amides is 2. The van der Waals surface area contributed by atoms with E-state index in [-0.39, 0.29) is 29.6 Å². The predicted octanol–water partition coefficient (Wildman–Crippen LogP) is 3.26. The number of halogens is 1. The van der Waals surface area contributed by atoms with Crippen molar-refractivity contribution in [1.29, 1.82) is 0 Å². The molecule has 0 saturated carbocycles. The summed E-state index contributed by atoms with van der Waals surface area (Å²) in [4.78, 5) is 16.4. The molecule has 0 aromatic heterocycles. The lowest BCUT2D eigenvalue weighted by Gasteiger charge is -2.23. The zero-order valence-corrected chi connectivity index (χ0v) is 15.2. The topological polar surface area (TPSA) is 57.7 Å². The maximum Gasteiger partial charge on any atom is 0.329 e. The Morgan fingerprint density at radius 1 is 0.960 bits per heavy atom. The monoisotopic (exact) mass is 376 g/mol. The fourth-order valence-electron chi connectivity index (χ4n) is 3.69. The third-order valence-corrected chi connectivity index (χ3v) is 6.70. The number of carbonyl (C=O) groups is 1. The first-order valence-corrected chi connectivity index (χ1v) is 10.2. The van der Waals surface area contributed by atoms with E-state index < -0.39 is 9.84 Å². The van der Waals surface area contributed by atoms with Crippen molar-refractivity contribution in [3.8, 4) is 0 Å². The van der Waals surface area contributed by atoms with Gasteiger partial charge in [-0.3, -0.25) is 9.80 Å². The van der Waals surface area contributed by atoms with Gasteiger partial charge in [-0.1, -0.05) is 23.7 Å². The van der Waals surface area contributed by atoms with Gasteiger partial charge in [-0.05, 0) is 48.9 Å². The van der Waals surface area contributed by atoms with Gasteiger partial charge in [0.2, 0.25) is 0 Å². The first-order chi connectivity index (χ1) is 11.9. The Labute approximate surface area is 151 Å². The summed E-state index contributed by atoms with van der Waals surface area (Å²) in [6.45, 7) is 1.95. The molecule has 0 radical (unpaired) electrons. The van der Waals surface area contributed by atoms with E-state index in [1.54, 1.807) is 34.1 Å². The molecule has 7 heteroatoms. The zero-order chi connectivity index (χ0) is 17.8. The van der Waals surface area contributed by atoms with Crippen molar-refractivity contribution in [1.82, 2.24) is 0 Å². The minimum absolute atomic E-state index is 0.0125. The summed E-state index contributed by atoms with van der Waals surface area (Å²) in [5.74, 6) is -0.0320. The van der Waals surface area contributed by atoms with E-state index in [2.05, 4.69) is 0 Å². The molecule has 2 heterocycles. The third-order valence-electron chi connectivity index (χ3n) is 4.75. The van der Waals surface area contributed by atoms with Crippen LogP contribution in [0.2, 0.25) is 5.02 Å². The van der Waals surface area contributed by atoms with Crippen LogP contribution in [0.3, 0.4) is 0 Å². The van der Waals surface area contributed by atoms with Gasteiger partial charge in [0, 0.05) is 16.4 Å². The zero-order valence-electron chi connectivity index (χ0n) is 13.6. The van der Waals surface area contributed by atoms with Crippen LogP contribution in [0.5, 0.6) is 0 Å². The Kier molecular flexibility index (Phi) is 3.77. The molecule has 0 spiro atoms. The van der Waals surface area contributed by atoms with Crippen LogP contribution in [0.1, 0.15) is 5.56 Å². The van der Waals surface area contributed by atoms with Gasteiger partial charge >= 0.3 is 6.03 Å². The van der Waals surface area contributed by atoms with Crippen LogP contribution >= 0.6 is 11.6 Å². The van der Waals surface area contributed by atoms with Crippen molar-refractivity contribution >= 4 is 38.8 Å². The molecule has 2 aromatic carbocycles. The van der Waals surface area contributed by atoms with Crippen molar-refractivity contribution in [3.63, 3.8) is 0 Å². The number of carbonyl (C=O) groups excluding carboxylic acids is 1. The average Bonchev–Trinajstić information content (AvgIpc) is 2.97. The number of rotatable bonds is 2. The number of aryl methyl sites for hydroxylation is 1. The smallest absolute Gasteiger partial charge is 0.288 e. The molecule has 130 valence electrons. The highest BCUT2D eigenvalue weighted by Gasteiger charge is 2.54. The van der Waals surface area contributed by atoms with Crippen molar-refractivity contribution in [2.24, 2.45) is 0 Å². The third kappa shape index (κ3) is 2.79. The van der Waals surface area contributed by atoms with Gasteiger partial charge in [0.25, 0.3) is 0 Å². The molecule has 2 saturated heterocycles. The SMILES string of the molecule is Cc1cccc(N2C(=O)N(c3ccc(Cl)cc3)[C@@H]3CS(=O)(=O)C[C@@H]32)c1. The van der Waals surface area contributed by atoms with Crippen molar-refractivity contribution in [2.75, 3.05) is 21.3 Å². The quantitative estimate of drug-likeness (QED) is 0.756. The van der Waals surface area contributed by atoms with E-state index >= 15 is 0 Å². The highest BCUT2D eigenvalue weighted by molar-refractivity contribution is 7.91. The van der Waals surface area contributed by atoms with Crippen LogP contribution in [0.4, 0.5) is 16.2 Å². The number of anilines is 2. The summed E-state index contributed by atoms with van der Waals surface area (Å²) in [5, 5.41) is 0.571. The highest BCUT2D eigenvalue weighted by atomic mass is 35.5. The number of hydrogen-bond donors (Lipinski definition) is 0. The lowest BCUT2D eigenvalue weighted by atomic mass is 10.1. The van der Waals surface area contributed by atoms with E-state index in [0.29, 0.717) is 10.7 Å². The number of fused-ring (bicyclic) bond motifs is 1. The van der Waals surface area contributed by atoms with Crippen molar-refractivity contribution in [2.45, 2.75) is 19.0 Å². The summed E-state index contributed by atoms with van der Waals surface area (Å²) < 4.78 is 24.5. The molecular weight excluding hydrogens is 360 g/mol. The van der Waals surface area contributed by atoms with Crippen molar-refractivity contribution < 1.29 is 13.2 Å². The lowest BCUT2D eigenvalue weighted by molar-refractivity contribution is 0.255. The molecule has 2 fully saturated rings. The minimum Gasteiger partial charge on any atom is -0.288 e. The molecule has 0 unspecified atom stereocenters. The molecule has 0 aliphatic carbocycles. The molecule has 2 amide bonds. The van der Waals surface area contributed by atoms with Crippen LogP contribution in [0.15, 0.2) is 48.5 Å². The second-order valence-corrected chi connectivity index (χ2v) is 9.14. The van der Waals surface area contributed by atoms with E-state index in [4.69, 9.17) is 11.6 Å². The Morgan fingerprint density at radius 3 is 2.16 bits per heavy atom. The van der Waals surface area contributed by atoms with Gasteiger partial charge in [0.05, 0.1) is 23.6 Å². The number of sulfone groups is 1. The van der Waals surface area contributed by atoms with Crippen LogP contribution < -0.4 is 9.80 Å². The number of hydrogen-bond acceptors (Lipinski definition) is 3. The second-order valence-electron chi connectivity index (χ2n) is 6.55. The minimum atomic E-state index is -3.19. The second kappa shape index (κ2) is 5.75. The molecule has 2 aliphatic rings. The molecule has 2 aliphatic heterocycles. The lowest BCUT2D eigenvalue weighted by Crippen LogP contribution is -2.37. The Morgan fingerprint density at radius 2 is 1.56 bits per heavy atom. The van der Waals surface area contributed by atoms with Gasteiger partial charge in [-0.15, -0.1) is 0 Å². The summed E-state index contributed by atoms with van der Waals surface area (Å²) in [5.41, 5.74) is 2.41. The molecule has 5 nitrogen and oxygen atoms in total. The van der Waals surface area contributed by atoms with Crippen LogP contribution in [0.25, 0.3) is 0 Å². The summed E-state index contributed by atoms with van der Waals surface area (Å²) in [6, 6.07) is 13.5. The fraction of sp³-hybridized carbons (Fsp3) is 0.278. The maximum absolute atomic E-state index is 13.2. The predicted molar refractivity (Wildman–Crippen MR) is 99.2 cm³/mol. The van der Waals surface area contributed by atoms with Crippen LogP contribution in [-0.4, -0.2) is 38.0 Å². The Bertz CT molecular complexity index is 943. The van der Waals surface area contributed by atoms with Gasteiger partial charge in [0.1, 0.15) is 0 Å². The summed E-state index contributed by atoms with van der Waals surface area (Å²) >= 11 is 5.94. The van der Waals surface area contributed by atoms with Crippen molar-refractivity contribution in [3.05, 3.63) is 59.1 Å². The van der Waals surface area contributed by atoms with E-state index in [0.717, 1.165) is 11.3 Å². The van der Waals surface area contributed by atoms with E-state index in [1.807, 2.05) is 31.2 Å². The molecule has 4 rings (SSSR count). The largest absolute Gasteiger partial charge is 0.329 e. The highest BCUT2D eigenvalue weighted by Crippen LogP contribution is 2.38. The number of nitrogens with zero attached hydrogens (tertiary/aromatic N) is 2. The Hall–Kier alpha value is -2.05. The van der Waals surface area contributed by atoms with Gasteiger partial charge in [-0.2, -0.15) is 0 Å². The molecule has 2 atom stereocenters. The fourth-order valence-corrected chi connectivity index (χ4v) is 5.73. The number of benzene rings is 2. The molecule has 0 bridgehead atoms. The molecule has 25 heavy (non-hydrogen) atoms. The van der Waals surface area contributed by atoms with Gasteiger partial charge in [-0.25, -0.2) is 13.2 Å². The summed E-state index contributed by atoms with van der Waals surface area (Å²) in [6.07, 6.45) is 0. The normalized spacial score (nSPS) is 24.6. The molecule has 0 N–H and O–H groups in total. The molecule has 2 aromatic rings. The van der Waals surface area contributed by atoms with Gasteiger partial charge < -0.3 is 0 Å². The first-order valence-electron chi connectivity index (χ1n) is 8.01. The first kappa shape index (κ1) is 16.4. The van der Waals surface area contributed by atoms with Gasteiger partial charge in [0.15, 0.2) is 9.84 Å². The number of urea groups is 1. The average molecular weight is 377 g/mol. The van der Waals surface area contributed by atoms with Crippen LogP contribution in [0, 0.1) is 6.92 Å². The standard InChI is InChI=1S/C18H17ClN2O3S/c1-12-3-2-4-15(9-12)21-17-11-25(23,24)10-16(17)20(18(21)22)14-7-5-13(19)6-8-14/h2-9,16-17H,10-11H2,1H3/t16-,17+/m1/s1. The van der Waals surface area contributed by atoms with Crippen LogP contribution in [-0.2, 0) is 9.84 Å².